The van der Waals surface area contributed by atoms with Crippen LogP contribution in [0.3, 0.4) is 0 Å². The van der Waals surface area contributed by atoms with E-state index in [4.69, 9.17) is 14.6 Å². The highest BCUT2D eigenvalue weighted by Gasteiger charge is 2.36. The van der Waals surface area contributed by atoms with Crippen molar-refractivity contribution in [2.45, 2.75) is 6.10 Å². The lowest BCUT2D eigenvalue weighted by Gasteiger charge is -2.15. The quantitative estimate of drug-likeness (QED) is 0.740. The van der Waals surface area contributed by atoms with Gasteiger partial charge in [0.25, 0.3) is 0 Å². The molecule has 0 amide bonds. The van der Waals surface area contributed by atoms with Crippen LogP contribution in [0.5, 0.6) is 5.75 Å². The summed E-state index contributed by atoms with van der Waals surface area (Å²) >= 11 is 3.34. The summed E-state index contributed by atoms with van der Waals surface area (Å²) in [6, 6.07) is 13.7. The molecule has 0 saturated heterocycles. The summed E-state index contributed by atoms with van der Waals surface area (Å²) in [5.74, 6) is -2.01. The number of carboxylic acids is 1. The maximum absolute atomic E-state index is 11.9. The van der Waals surface area contributed by atoms with Crippen LogP contribution in [0.25, 0.3) is 5.57 Å². The molecule has 2 N–H and O–H groups in total. The zero-order valence-corrected chi connectivity index (χ0v) is 14.4. The number of rotatable bonds is 5. The normalized spacial score (nSPS) is 16.7. The van der Waals surface area contributed by atoms with Gasteiger partial charge in [-0.05, 0) is 29.8 Å². The number of hydrogen-bond acceptors (Lipinski definition) is 5. The third kappa shape index (κ3) is 3.66. The van der Waals surface area contributed by atoms with Crippen molar-refractivity contribution in [3.63, 3.8) is 0 Å². The van der Waals surface area contributed by atoms with E-state index < -0.39 is 30.4 Å². The number of cyclic esters (lactones) is 1. The zero-order chi connectivity index (χ0) is 18.0. The number of aliphatic hydroxyl groups is 1. The van der Waals surface area contributed by atoms with Crippen molar-refractivity contribution >= 4 is 33.4 Å². The second kappa shape index (κ2) is 6.98. The zero-order valence-electron chi connectivity index (χ0n) is 12.8. The van der Waals surface area contributed by atoms with Crippen molar-refractivity contribution in [1.82, 2.24) is 0 Å². The molecule has 3 rings (SSSR count). The van der Waals surface area contributed by atoms with Crippen LogP contribution < -0.4 is 4.74 Å². The number of aliphatic hydroxyl groups excluding tert-OH is 1. The molecule has 0 unspecified atom stereocenters. The first-order valence-electron chi connectivity index (χ1n) is 7.30. The molecule has 7 heteroatoms. The van der Waals surface area contributed by atoms with Crippen LogP contribution in [-0.4, -0.2) is 28.8 Å². The summed E-state index contributed by atoms with van der Waals surface area (Å²) in [5, 5.41) is 18.8. The summed E-state index contributed by atoms with van der Waals surface area (Å²) in [7, 11) is 0. The van der Waals surface area contributed by atoms with E-state index in [1.54, 1.807) is 48.5 Å². The first-order valence-corrected chi connectivity index (χ1v) is 8.09. The Labute approximate surface area is 151 Å². The lowest BCUT2D eigenvalue weighted by Crippen LogP contribution is -2.10. The van der Waals surface area contributed by atoms with Crippen molar-refractivity contribution in [3.8, 4) is 5.75 Å². The SMILES string of the molecule is O=C(O)COc1cccc([C@H]2OC(=O)C(O)=C2c2ccc(Br)cc2)c1. The predicted molar refractivity (Wildman–Crippen MR) is 92.1 cm³/mol. The van der Waals surface area contributed by atoms with E-state index in [1.807, 2.05) is 0 Å². The van der Waals surface area contributed by atoms with Gasteiger partial charge in [-0.2, -0.15) is 0 Å². The molecule has 0 bridgehead atoms. The van der Waals surface area contributed by atoms with Gasteiger partial charge in [-0.15, -0.1) is 0 Å². The molecule has 0 spiro atoms. The van der Waals surface area contributed by atoms with E-state index in [-0.39, 0.29) is 0 Å². The van der Waals surface area contributed by atoms with Gasteiger partial charge in [0, 0.05) is 10.0 Å². The second-order valence-electron chi connectivity index (χ2n) is 5.31. The molecule has 2 aromatic rings. The fraction of sp³-hybridized carbons (Fsp3) is 0.111. The number of esters is 1. The predicted octanol–water partition coefficient (Wildman–Crippen LogP) is 3.48. The molecule has 0 saturated carbocycles. The lowest BCUT2D eigenvalue weighted by molar-refractivity contribution is -0.142. The fourth-order valence-electron chi connectivity index (χ4n) is 2.52. The molecular formula is C18H13BrO6. The summed E-state index contributed by atoms with van der Waals surface area (Å²) in [4.78, 5) is 22.5. The molecule has 1 aliphatic rings. The number of carbonyl (C=O) groups is 2. The molecule has 1 heterocycles. The second-order valence-corrected chi connectivity index (χ2v) is 6.23. The van der Waals surface area contributed by atoms with Crippen molar-refractivity contribution in [2.75, 3.05) is 6.61 Å². The largest absolute Gasteiger partial charge is 0.502 e. The molecule has 25 heavy (non-hydrogen) atoms. The molecular weight excluding hydrogens is 392 g/mol. The number of aliphatic carboxylic acids is 1. The van der Waals surface area contributed by atoms with Crippen LogP contribution >= 0.6 is 15.9 Å². The molecule has 0 radical (unpaired) electrons. The average molecular weight is 405 g/mol. The van der Waals surface area contributed by atoms with Crippen molar-refractivity contribution < 1.29 is 29.3 Å². The van der Waals surface area contributed by atoms with Crippen LogP contribution in [0.2, 0.25) is 0 Å². The first kappa shape index (κ1) is 17.0. The van der Waals surface area contributed by atoms with E-state index in [9.17, 15) is 14.7 Å². The monoisotopic (exact) mass is 404 g/mol. The topological polar surface area (TPSA) is 93.1 Å². The molecule has 0 aromatic heterocycles. The van der Waals surface area contributed by atoms with E-state index in [1.165, 1.54) is 0 Å². The highest BCUT2D eigenvalue weighted by molar-refractivity contribution is 9.10. The maximum atomic E-state index is 11.9. The highest BCUT2D eigenvalue weighted by atomic mass is 79.9. The minimum absolute atomic E-state index is 0.331. The van der Waals surface area contributed by atoms with E-state index in [2.05, 4.69) is 15.9 Å². The van der Waals surface area contributed by atoms with Gasteiger partial charge < -0.3 is 19.7 Å². The number of benzene rings is 2. The average Bonchev–Trinajstić information content (AvgIpc) is 2.89. The summed E-state index contributed by atoms with van der Waals surface area (Å²) < 4.78 is 11.3. The Morgan fingerprint density at radius 2 is 1.92 bits per heavy atom. The maximum Gasteiger partial charge on any atom is 0.374 e. The van der Waals surface area contributed by atoms with Crippen LogP contribution in [0.1, 0.15) is 17.2 Å². The van der Waals surface area contributed by atoms with Crippen LogP contribution in [0, 0.1) is 0 Å². The third-order valence-corrected chi connectivity index (χ3v) is 4.14. The van der Waals surface area contributed by atoms with Crippen LogP contribution in [0.4, 0.5) is 0 Å². The Kier molecular flexibility index (Phi) is 4.76. The van der Waals surface area contributed by atoms with Gasteiger partial charge in [-0.1, -0.05) is 40.2 Å². The number of carboxylic acid groups (broad SMARTS) is 1. The van der Waals surface area contributed by atoms with Gasteiger partial charge in [-0.3, -0.25) is 0 Å². The molecule has 0 aliphatic carbocycles. The molecule has 1 atom stereocenters. The molecule has 6 nitrogen and oxygen atoms in total. The molecule has 0 fully saturated rings. The Morgan fingerprint density at radius 1 is 1.20 bits per heavy atom. The Bertz CT molecular complexity index is 856. The lowest BCUT2D eigenvalue weighted by atomic mass is 9.95. The number of hydrogen-bond donors (Lipinski definition) is 2. The summed E-state index contributed by atoms with van der Waals surface area (Å²) in [6.45, 7) is -0.478. The van der Waals surface area contributed by atoms with E-state index >= 15 is 0 Å². The third-order valence-electron chi connectivity index (χ3n) is 3.61. The van der Waals surface area contributed by atoms with Crippen molar-refractivity contribution in [3.05, 3.63) is 69.9 Å². The van der Waals surface area contributed by atoms with Gasteiger partial charge in [-0.25, -0.2) is 9.59 Å². The number of carbonyl (C=O) groups excluding carboxylic acids is 1. The number of halogens is 1. The molecule has 128 valence electrons. The van der Waals surface area contributed by atoms with Gasteiger partial charge in [0.05, 0.1) is 5.57 Å². The Hall–Kier alpha value is -2.80. The van der Waals surface area contributed by atoms with Crippen LogP contribution in [0.15, 0.2) is 58.8 Å². The molecule has 1 aliphatic heterocycles. The minimum atomic E-state index is -1.09. The number of ether oxygens (including phenoxy) is 2. The summed E-state index contributed by atoms with van der Waals surface area (Å²) in [5.41, 5.74) is 1.57. The van der Waals surface area contributed by atoms with Gasteiger partial charge in [0.2, 0.25) is 5.76 Å². The van der Waals surface area contributed by atoms with Gasteiger partial charge >= 0.3 is 11.9 Å². The Morgan fingerprint density at radius 3 is 2.60 bits per heavy atom. The van der Waals surface area contributed by atoms with Crippen molar-refractivity contribution in [1.29, 1.82) is 0 Å². The Balaban J connectivity index is 1.96. The summed E-state index contributed by atoms with van der Waals surface area (Å²) in [6.07, 6.45) is -0.804. The van der Waals surface area contributed by atoms with Crippen molar-refractivity contribution in [2.24, 2.45) is 0 Å². The minimum Gasteiger partial charge on any atom is -0.502 e. The fourth-order valence-corrected chi connectivity index (χ4v) is 2.78. The molecule has 2 aromatic carbocycles. The van der Waals surface area contributed by atoms with Gasteiger partial charge in [0.15, 0.2) is 12.7 Å². The van der Waals surface area contributed by atoms with Gasteiger partial charge in [0.1, 0.15) is 5.75 Å². The first-order chi connectivity index (χ1) is 12.0. The van der Waals surface area contributed by atoms with E-state index in [0.717, 1.165) is 4.47 Å². The van der Waals surface area contributed by atoms with Crippen LogP contribution in [-0.2, 0) is 14.3 Å². The standard InChI is InChI=1S/C18H13BrO6/c19-12-6-4-10(5-7-12)15-16(22)18(23)25-17(15)11-2-1-3-13(8-11)24-9-14(20)21/h1-8,17,22H,9H2,(H,20,21)/t17-/m1/s1. The smallest absolute Gasteiger partial charge is 0.374 e. The highest BCUT2D eigenvalue weighted by Crippen LogP contribution is 2.41. The van der Waals surface area contributed by atoms with E-state index in [0.29, 0.717) is 22.4 Å².